The molecule has 106 valence electrons. The van der Waals surface area contributed by atoms with Crippen molar-refractivity contribution < 1.29 is 4.74 Å². The third kappa shape index (κ3) is 3.45. The standard InChI is InChI=1S/C14H9Br2Cl3O/c1-20-14-10(4-8(18)6-12(14)16)13(19)9-3-2-7(17)5-11(9)15/h2-6,13H,1H3. The molecule has 0 aliphatic heterocycles. The van der Waals surface area contributed by atoms with Crippen LogP contribution in [0.1, 0.15) is 16.5 Å². The molecular weight excluding hydrogens is 450 g/mol. The average Bonchev–Trinajstić information content (AvgIpc) is 2.37. The average molecular weight is 459 g/mol. The summed E-state index contributed by atoms with van der Waals surface area (Å²) in [5.41, 5.74) is 1.68. The predicted octanol–water partition coefficient (Wildman–Crippen LogP) is 6.86. The Kier molecular flexibility index (Phi) is 5.66. The topological polar surface area (TPSA) is 9.23 Å². The lowest BCUT2D eigenvalue weighted by Crippen LogP contribution is -1.99. The quantitative estimate of drug-likeness (QED) is 0.456. The van der Waals surface area contributed by atoms with Crippen molar-refractivity contribution in [1.29, 1.82) is 0 Å². The molecular formula is C14H9Br2Cl3O. The van der Waals surface area contributed by atoms with Gasteiger partial charge in [0, 0.05) is 20.1 Å². The molecule has 0 fully saturated rings. The second-order valence-electron chi connectivity index (χ2n) is 4.04. The maximum atomic E-state index is 6.58. The zero-order chi connectivity index (χ0) is 14.9. The minimum absolute atomic E-state index is 0.411. The molecule has 6 heteroatoms. The molecule has 0 radical (unpaired) electrons. The lowest BCUT2D eigenvalue weighted by Gasteiger charge is -2.17. The molecule has 0 saturated carbocycles. The van der Waals surface area contributed by atoms with Crippen LogP contribution in [0.15, 0.2) is 39.3 Å². The van der Waals surface area contributed by atoms with Crippen LogP contribution in [-0.4, -0.2) is 7.11 Å². The molecule has 0 spiro atoms. The molecule has 0 amide bonds. The number of ether oxygens (including phenoxy) is 1. The second kappa shape index (κ2) is 6.89. The summed E-state index contributed by atoms with van der Waals surface area (Å²) in [6.07, 6.45) is 0. The Morgan fingerprint density at radius 1 is 0.950 bits per heavy atom. The van der Waals surface area contributed by atoms with Gasteiger partial charge >= 0.3 is 0 Å². The maximum absolute atomic E-state index is 6.58. The molecule has 0 aliphatic carbocycles. The molecule has 0 bridgehead atoms. The van der Waals surface area contributed by atoms with Gasteiger partial charge in [0.1, 0.15) is 5.75 Å². The Balaban J connectivity index is 2.55. The van der Waals surface area contributed by atoms with Gasteiger partial charge in [0.15, 0.2) is 0 Å². The third-order valence-electron chi connectivity index (χ3n) is 2.75. The summed E-state index contributed by atoms with van der Waals surface area (Å²) in [4.78, 5) is 0. The third-order valence-corrected chi connectivity index (χ3v) is 4.95. The van der Waals surface area contributed by atoms with Gasteiger partial charge in [0.2, 0.25) is 0 Å². The number of hydrogen-bond donors (Lipinski definition) is 0. The molecule has 1 nitrogen and oxygen atoms in total. The van der Waals surface area contributed by atoms with Crippen LogP contribution in [0.2, 0.25) is 10.0 Å². The van der Waals surface area contributed by atoms with E-state index in [2.05, 4.69) is 31.9 Å². The van der Waals surface area contributed by atoms with E-state index in [1.54, 1.807) is 31.4 Å². The van der Waals surface area contributed by atoms with E-state index in [1.165, 1.54) is 0 Å². The van der Waals surface area contributed by atoms with Crippen LogP contribution in [0.5, 0.6) is 5.75 Å². The van der Waals surface area contributed by atoms with Crippen molar-refractivity contribution in [3.8, 4) is 5.75 Å². The summed E-state index contributed by atoms with van der Waals surface area (Å²) in [5, 5.41) is 0.818. The highest BCUT2D eigenvalue weighted by Gasteiger charge is 2.21. The van der Waals surface area contributed by atoms with Gasteiger partial charge in [-0.2, -0.15) is 0 Å². The maximum Gasteiger partial charge on any atom is 0.138 e. The summed E-state index contributed by atoms with van der Waals surface area (Å²) < 4.78 is 7.00. The lowest BCUT2D eigenvalue weighted by molar-refractivity contribution is 0.407. The van der Waals surface area contributed by atoms with Crippen molar-refractivity contribution in [2.24, 2.45) is 0 Å². The fraction of sp³-hybridized carbons (Fsp3) is 0.143. The molecule has 1 unspecified atom stereocenters. The number of methoxy groups -OCH3 is 1. The predicted molar refractivity (Wildman–Crippen MR) is 92.6 cm³/mol. The van der Waals surface area contributed by atoms with Crippen LogP contribution in [0.25, 0.3) is 0 Å². The molecule has 0 aromatic heterocycles. The Morgan fingerprint density at radius 2 is 1.60 bits per heavy atom. The molecule has 0 heterocycles. The van der Waals surface area contributed by atoms with E-state index in [1.807, 2.05) is 6.07 Å². The van der Waals surface area contributed by atoms with Gasteiger partial charge < -0.3 is 4.74 Å². The van der Waals surface area contributed by atoms with E-state index in [0.29, 0.717) is 15.8 Å². The fourth-order valence-corrected chi connectivity index (χ4v) is 4.25. The van der Waals surface area contributed by atoms with Gasteiger partial charge in [-0.3, -0.25) is 0 Å². The van der Waals surface area contributed by atoms with Gasteiger partial charge in [-0.15, -0.1) is 11.6 Å². The number of alkyl halides is 1. The van der Waals surface area contributed by atoms with Gasteiger partial charge in [-0.05, 0) is 45.8 Å². The van der Waals surface area contributed by atoms with Crippen molar-refractivity contribution in [2.45, 2.75) is 5.38 Å². The van der Waals surface area contributed by atoms with Crippen LogP contribution in [0.4, 0.5) is 0 Å². The summed E-state index contributed by atoms with van der Waals surface area (Å²) in [5.74, 6) is 0.663. The first-order chi connectivity index (χ1) is 9.43. The molecule has 0 aliphatic rings. The molecule has 2 aromatic rings. The van der Waals surface area contributed by atoms with Gasteiger partial charge in [0.25, 0.3) is 0 Å². The van der Waals surface area contributed by atoms with E-state index in [9.17, 15) is 0 Å². The van der Waals surface area contributed by atoms with Crippen molar-refractivity contribution >= 4 is 66.7 Å². The summed E-state index contributed by atoms with van der Waals surface area (Å²) >= 11 is 25.5. The van der Waals surface area contributed by atoms with Crippen molar-refractivity contribution in [3.05, 3.63) is 60.4 Å². The van der Waals surface area contributed by atoms with Gasteiger partial charge in [-0.1, -0.05) is 45.2 Å². The molecule has 2 rings (SSSR count). The zero-order valence-electron chi connectivity index (χ0n) is 10.3. The van der Waals surface area contributed by atoms with Gasteiger partial charge in [-0.25, -0.2) is 0 Å². The summed E-state index contributed by atoms with van der Waals surface area (Å²) in [6, 6.07) is 9.04. The van der Waals surface area contributed by atoms with E-state index >= 15 is 0 Å². The first-order valence-electron chi connectivity index (χ1n) is 5.56. The van der Waals surface area contributed by atoms with Crippen molar-refractivity contribution in [2.75, 3.05) is 7.11 Å². The highest BCUT2D eigenvalue weighted by molar-refractivity contribution is 9.10. The molecule has 2 aromatic carbocycles. The summed E-state index contributed by atoms with van der Waals surface area (Å²) in [6.45, 7) is 0. The Hall–Kier alpha value is 0.0700. The molecule has 0 N–H and O–H groups in total. The second-order valence-corrected chi connectivity index (χ2v) is 7.06. The van der Waals surface area contributed by atoms with Crippen LogP contribution >= 0.6 is 66.7 Å². The Morgan fingerprint density at radius 3 is 2.20 bits per heavy atom. The monoisotopic (exact) mass is 456 g/mol. The number of hydrogen-bond acceptors (Lipinski definition) is 1. The lowest BCUT2D eigenvalue weighted by atomic mass is 10.0. The van der Waals surface area contributed by atoms with Gasteiger partial charge in [0.05, 0.1) is 17.0 Å². The zero-order valence-corrected chi connectivity index (χ0v) is 15.7. The number of benzene rings is 2. The minimum Gasteiger partial charge on any atom is -0.495 e. The van der Waals surface area contributed by atoms with E-state index < -0.39 is 5.38 Å². The molecule has 20 heavy (non-hydrogen) atoms. The smallest absolute Gasteiger partial charge is 0.138 e. The van der Waals surface area contributed by atoms with Crippen LogP contribution < -0.4 is 4.74 Å². The van der Waals surface area contributed by atoms with Crippen LogP contribution in [0, 0.1) is 0 Å². The fourth-order valence-electron chi connectivity index (χ4n) is 1.86. The Bertz CT molecular complexity index is 647. The highest BCUT2D eigenvalue weighted by atomic mass is 79.9. The minimum atomic E-state index is -0.411. The van der Waals surface area contributed by atoms with Crippen LogP contribution in [-0.2, 0) is 0 Å². The Labute approximate surface area is 149 Å². The van der Waals surface area contributed by atoms with Crippen molar-refractivity contribution in [1.82, 2.24) is 0 Å². The molecule has 1 atom stereocenters. The van der Waals surface area contributed by atoms with E-state index in [0.717, 1.165) is 20.1 Å². The molecule has 0 saturated heterocycles. The van der Waals surface area contributed by atoms with E-state index in [-0.39, 0.29) is 0 Å². The van der Waals surface area contributed by atoms with Crippen molar-refractivity contribution in [3.63, 3.8) is 0 Å². The normalized spacial score (nSPS) is 12.3. The SMILES string of the molecule is COc1c(Br)cc(Cl)cc1C(Cl)c1ccc(Cl)cc1Br. The largest absolute Gasteiger partial charge is 0.495 e. The number of rotatable bonds is 3. The number of halogens is 5. The first kappa shape index (κ1) is 16.4. The van der Waals surface area contributed by atoms with E-state index in [4.69, 9.17) is 39.5 Å². The van der Waals surface area contributed by atoms with Crippen LogP contribution in [0.3, 0.4) is 0 Å². The highest BCUT2D eigenvalue weighted by Crippen LogP contribution is 2.43. The summed E-state index contributed by atoms with van der Waals surface area (Å²) in [7, 11) is 1.60. The first-order valence-corrected chi connectivity index (χ1v) is 8.33.